The van der Waals surface area contributed by atoms with E-state index in [1.165, 1.54) is 0 Å². The summed E-state index contributed by atoms with van der Waals surface area (Å²) in [5.41, 5.74) is 2.30. The zero-order chi connectivity index (χ0) is 29.0. The van der Waals surface area contributed by atoms with Gasteiger partial charge in [-0.25, -0.2) is 0 Å². The predicted octanol–water partition coefficient (Wildman–Crippen LogP) is 8.09. The van der Waals surface area contributed by atoms with Crippen LogP contribution in [-0.2, 0) is 22.6 Å². The lowest BCUT2D eigenvalue weighted by Gasteiger charge is -2.26. The predicted molar refractivity (Wildman–Crippen MR) is 168 cm³/mol. The van der Waals surface area contributed by atoms with E-state index in [9.17, 15) is 4.79 Å². The van der Waals surface area contributed by atoms with Crippen LogP contribution in [0.4, 0.5) is 0 Å². The maximum atomic E-state index is 12.9. The highest BCUT2D eigenvalue weighted by atomic mass is 35.5. The van der Waals surface area contributed by atoms with Crippen LogP contribution in [0.5, 0.6) is 11.5 Å². The van der Waals surface area contributed by atoms with Crippen molar-refractivity contribution in [2.75, 3.05) is 32.7 Å². The zero-order valence-corrected chi connectivity index (χ0v) is 25.3. The molecule has 0 aliphatic heterocycles. The minimum absolute atomic E-state index is 0.129. The Bertz CT molecular complexity index is 1080. The first-order valence-corrected chi connectivity index (χ1v) is 15.6. The highest BCUT2D eigenvalue weighted by Gasteiger charge is 2.24. The summed E-state index contributed by atoms with van der Waals surface area (Å²) in [7, 11) is 2.00. The summed E-state index contributed by atoms with van der Waals surface area (Å²) in [6, 6.07) is 27.9. The molecule has 6 heteroatoms. The van der Waals surface area contributed by atoms with Gasteiger partial charge in [0.15, 0.2) is 0 Å². The van der Waals surface area contributed by atoms with Gasteiger partial charge in [0, 0.05) is 5.88 Å². The standard InChI is InChI=1S/C35H46ClNO4/c1-37(25-13-12-24-36)34(28-30-16-8-6-9-17-30)35(38)40-27-15-5-3-2-4-14-26-39-32-20-22-33(23-21-32)41-29-31-18-10-7-11-19-31/h6-11,16-23,34H,2-5,12-15,24-29H2,1H3. The average molecular weight is 580 g/mol. The Kier molecular flexibility index (Phi) is 15.8. The lowest BCUT2D eigenvalue weighted by atomic mass is 10.0. The van der Waals surface area contributed by atoms with Gasteiger partial charge in [0.05, 0.1) is 13.2 Å². The first-order valence-electron chi connectivity index (χ1n) is 15.0. The van der Waals surface area contributed by atoms with E-state index in [1.54, 1.807) is 0 Å². The van der Waals surface area contributed by atoms with E-state index in [4.69, 9.17) is 25.8 Å². The second kappa shape index (κ2) is 20.0. The molecule has 0 N–H and O–H groups in total. The monoisotopic (exact) mass is 579 g/mol. The van der Waals surface area contributed by atoms with Gasteiger partial charge in [-0.05, 0) is 81.1 Å². The first kappa shape index (κ1) is 32.5. The smallest absolute Gasteiger partial charge is 0.323 e. The molecule has 1 unspecified atom stereocenters. The minimum Gasteiger partial charge on any atom is -0.494 e. The SMILES string of the molecule is CN(CCCCCl)C(Cc1ccccc1)C(=O)OCCCCCCCCOc1ccc(OCc2ccccc2)cc1. The summed E-state index contributed by atoms with van der Waals surface area (Å²) in [6.45, 7) is 2.58. The molecule has 3 rings (SSSR count). The number of unbranched alkanes of at least 4 members (excludes halogenated alkanes) is 6. The van der Waals surface area contributed by atoms with Crippen LogP contribution in [0.25, 0.3) is 0 Å². The van der Waals surface area contributed by atoms with Crippen LogP contribution in [0, 0.1) is 0 Å². The first-order chi connectivity index (χ1) is 20.2. The molecule has 0 aromatic heterocycles. The Hall–Kier alpha value is -3.02. The van der Waals surface area contributed by atoms with Crippen molar-refractivity contribution in [2.24, 2.45) is 0 Å². The number of ether oxygens (including phenoxy) is 3. The van der Waals surface area contributed by atoms with Crippen LogP contribution < -0.4 is 9.47 Å². The van der Waals surface area contributed by atoms with Crippen LogP contribution in [0.2, 0.25) is 0 Å². The Morgan fingerprint density at radius 3 is 1.88 bits per heavy atom. The van der Waals surface area contributed by atoms with Gasteiger partial charge in [-0.2, -0.15) is 0 Å². The molecule has 0 bridgehead atoms. The van der Waals surface area contributed by atoms with Crippen molar-refractivity contribution >= 4 is 17.6 Å². The summed E-state index contributed by atoms with van der Waals surface area (Å²) in [5.74, 6) is 2.23. The number of hydrogen-bond donors (Lipinski definition) is 0. The van der Waals surface area contributed by atoms with E-state index in [-0.39, 0.29) is 12.0 Å². The molecule has 41 heavy (non-hydrogen) atoms. The summed E-state index contributed by atoms with van der Waals surface area (Å²) >= 11 is 5.84. The molecule has 0 radical (unpaired) electrons. The quantitative estimate of drug-likeness (QED) is 0.0725. The van der Waals surface area contributed by atoms with Gasteiger partial charge in [-0.3, -0.25) is 9.69 Å². The van der Waals surface area contributed by atoms with Crippen molar-refractivity contribution in [3.8, 4) is 11.5 Å². The molecule has 1 atom stereocenters. The lowest BCUT2D eigenvalue weighted by Crippen LogP contribution is -2.42. The molecule has 222 valence electrons. The van der Waals surface area contributed by atoms with Crippen molar-refractivity contribution < 1.29 is 19.0 Å². The topological polar surface area (TPSA) is 48.0 Å². The van der Waals surface area contributed by atoms with E-state index >= 15 is 0 Å². The number of carbonyl (C=O) groups is 1. The van der Waals surface area contributed by atoms with Crippen LogP contribution >= 0.6 is 11.6 Å². The van der Waals surface area contributed by atoms with Gasteiger partial charge in [0.25, 0.3) is 0 Å². The van der Waals surface area contributed by atoms with Crippen LogP contribution in [0.15, 0.2) is 84.9 Å². The van der Waals surface area contributed by atoms with Crippen molar-refractivity contribution in [1.29, 1.82) is 0 Å². The van der Waals surface area contributed by atoms with E-state index < -0.39 is 0 Å². The summed E-state index contributed by atoms with van der Waals surface area (Å²) < 4.78 is 17.4. The summed E-state index contributed by atoms with van der Waals surface area (Å²) in [4.78, 5) is 15.1. The van der Waals surface area contributed by atoms with Crippen LogP contribution in [0.3, 0.4) is 0 Å². The average Bonchev–Trinajstić information content (AvgIpc) is 3.01. The maximum absolute atomic E-state index is 12.9. The van der Waals surface area contributed by atoms with Crippen molar-refractivity contribution in [1.82, 2.24) is 4.90 Å². The molecule has 0 spiro atoms. The van der Waals surface area contributed by atoms with E-state index in [0.717, 1.165) is 80.5 Å². The second-order valence-corrected chi connectivity index (χ2v) is 10.8. The molecule has 3 aromatic rings. The minimum atomic E-state index is -0.272. The molecule has 0 saturated carbocycles. The molecule has 0 heterocycles. The fraction of sp³-hybridized carbons (Fsp3) is 0.457. The number of alkyl halides is 1. The maximum Gasteiger partial charge on any atom is 0.323 e. The van der Waals surface area contributed by atoms with E-state index in [1.807, 2.05) is 67.7 Å². The van der Waals surface area contributed by atoms with Crippen molar-refractivity contribution in [2.45, 2.75) is 70.4 Å². The Morgan fingerprint density at radius 2 is 1.24 bits per heavy atom. The van der Waals surface area contributed by atoms with E-state index in [2.05, 4.69) is 29.2 Å². The second-order valence-electron chi connectivity index (χ2n) is 10.5. The Balaban J connectivity index is 1.23. The molecule has 0 saturated heterocycles. The van der Waals surface area contributed by atoms with Gasteiger partial charge in [-0.15, -0.1) is 11.6 Å². The van der Waals surface area contributed by atoms with Gasteiger partial charge in [-0.1, -0.05) is 86.3 Å². The molecule has 0 fully saturated rings. The molecular formula is C35H46ClNO4. The van der Waals surface area contributed by atoms with Gasteiger partial charge in [0.1, 0.15) is 24.1 Å². The number of hydrogen-bond acceptors (Lipinski definition) is 5. The van der Waals surface area contributed by atoms with E-state index in [0.29, 0.717) is 32.1 Å². The van der Waals surface area contributed by atoms with Crippen LogP contribution in [-0.4, -0.2) is 49.6 Å². The van der Waals surface area contributed by atoms with Crippen molar-refractivity contribution in [3.05, 3.63) is 96.1 Å². The van der Waals surface area contributed by atoms with Gasteiger partial charge in [0.2, 0.25) is 0 Å². The molecule has 5 nitrogen and oxygen atoms in total. The molecule has 3 aromatic carbocycles. The Labute approximate surface area is 251 Å². The number of halogens is 1. The number of benzene rings is 3. The number of rotatable bonds is 21. The van der Waals surface area contributed by atoms with Crippen molar-refractivity contribution in [3.63, 3.8) is 0 Å². The molecule has 0 amide bonds. The Morgan fingerprint density at radius 1 is 0.683 bits per heavy atom. The lowest BCUT2D eigenvalue weighted by molar-refractivity contribution is -0.149. The summed E-state index contributed by atoms with van der Waals surface area (Å²) in [6.07, 6.45) is 8.99. The third-order valence-corrected chi connectivity index (χ3v) is 7.36. The fourth-order valence-corrected chi connectivity index (χ4v) is 4.80. The third kappa shape index (κ3) is 13.5. The number of carbonyl (C=O) groups excluding carboxylic acids is 1. The van der Waals surface area contributed by atoms with Crippen LogP contribution in [0.1, 0.15) is 62.5 Å². The number of nitrogens with zero attached hydrogens (tertiary/aromatic N) is 1. The van der Waals surface area contributed by atoms with Gasteiger partial charge >= 0.3 is 5.97 Å². The number of likely N-dealkylation sites (N-methyl/N-ethyl adjacent to an activating group) is 1. The number of esters is 1. The van der Waals surface area contributed by atoms with Gasteiger partial charge < -0.3 is 14.2 Å². The highest BCUT2D eigenvalue weighted by molar-refractivity contribution is 6.17. The molecular weight excluding hydrogens is 534 g/mol. The largest absolute Gasteiger partial charge is 0.494 e. The third-order valence-electron chi connectivity index (χ3n) is 7.09. The zero-order valence-electron chi connectivity index (χ0n) is 24.5. The fourth-order valence-electron chi connectivity index (χ4n) is 4.61. The normalized spacial score (nSPS) is 11.8. The molecule has 0 aliphatic rings. The summed E-state index contributed by atoms with van der Waals surface area (Å²) in [5, 5.41) is 0. The highest BCUT2D eigenvalue weighted by Crippen LogP contribution is 2.19. The molecule has 0 aliphatic carbocycles.